The quantitative estimate of drug-likeness (QED) is 0.727. The molecule has 0 spiro atoms. The second-order valence-corrected chi connectivity index (χ2v) is 6.48. The van der Waals surface area contributed by atoms with Crippen LogP contribution in [0.1, 0.15) is 52.5 Å². The van der Waals surface area contributed by atoms with Crippen molar-refractivity contribution in [1.29, 1.82) is 0 Å². The van der Waals surface area contributed by atoms with Gasteiger partial charge >= 0.3 is 0 Å². The first-order valence-corrected chi connectivity index (χ1v) is 6.78. The van der Waals surface area contributed by atoms with Gasteiger partial charge < -0.3 is 4.90 Å². The van der Waals surface area contributed by atoms with E-state index in [0.717, 1.165) is 6.54 Å². The summed E-state index contributed by atoms with van der Waals surface area (Å²) in [7, 11) is 0. The maximum atomic E-state index is 2.60. The normalized spacial score (nSPS) is 22.7. The lowest BCUT2D eigenvalue weighted by molar-refractivity contribution is 0.361. The Morgan fingerprint density at radius 1 is 1.29 bits per heavy atom. The van der Waals surface area contributed by atoms with Crippen molar-refractivity contribution in [3.63, 3.8) is 0 Å². The van der Waals surface area contributed by atoms with Gasteiger partial charge in [-0.05, 0) is 43.7 Å². The summed E-state index contributed by atoms with van der Waals surface area (Å²) in [5.41, 5.74) is 3.25. The van der Waals surface area contributed by atoms with Gasteiger partial charge in [-0.3, -0.25) is 0 Å². The van der Waals surface area contributed by atoms with Crippen LogP contribution in [0, 0.1) is 5.92 Å². The van der Waals surface area contributed by atoms with Gasteiger partial charge in [0.05, 0.1) is 0 Å². The minimum atomic E-state index is 0.276. The van der Waals surface area contributed by atoms with Crippen molar-refractivity contribution in [3.8, 4) is 0 Å². The third kappa shape index (κ3) is 2.34. The van der Waals surface area contributed by atoms with Crippen LogP contribution in [0.25, 0.3) is 0 Å². The molecule has 1 heteroatoms. The number of anilines is 1. The Labute approximate surface area is 106 Å². The van der Waals surface area contributed by atoms with Crippen molar-refractivity contribution in [1.82, 2.24) is 0 Å². The van der Waals surface area contributed by atoms with Crippen molar-refractivity contribution in [2.75, 3.05) is 11.4 Å². The van der Waals surface area contributed by atoms with Gasteiger partial charge in [0.1, 0.15) is 0 Å². The zero-order valence-electron chi connectivity index (χ0n) is 11.8. The fourth-order valence-corrected chi connectivity index (χ4v) is 3.16. The van der Waals surface area contributed by atoms with Crippen LogP contribution in [0.5, 0.6) is 0 Å². The number of fused-ring (bicyclic) bond motifs is 1. The van der Waals surface area contributed by atoms with Crippen LogP contribution in [-0.4, -0.2) is 12.1 Å². The Hall–Kier alpha value is -0.980. The highest BCUT2D eigenvalue weighted by molar-refractivity contribution is 5.59. The molecule has 1 aromatic carbocycles. The molecule has 1 nitrogen and oxygen atoms in total. The van der Waals surface area contributed by atoms with E-state index in [2.05, 4.69) is 63.8 Å². The van der Waals surface area contributed by atoms with Crippen molar-refractivity contribution in [2.45, 2.75) is 52.5 Å². The number of rotatable bonds is 2. The summed E-state index contributed by atoms with van der Waals surface area (Å²) in [4.78, 5) is 2.60. The molecule has 0 saturated heterocycles. The molecular formula is C16H25N. The second-order valence-electron chi connectivity index (χ2n) is 6.48. The molecule has 0 aliphatic carbocycles. The highest BCUT2D eigenvalue weighted by atomic mass is 15.2. The van der Waals surface area contributed by atoms with Gasteiger partial charge in [-0.15, -0.1) is 0 Å². The van der Waals surface area contributed by atoms with E-state index in [-0.39, 0.29) is 5.54 Å². The van der Waals surface area contributed by atoms with E-state index >= 15 is 0 Å². The molecule has 1 aliphatic heterocycles. The van der Waals surface area contributed by atoms with E-state index in [0.29, 0.717) is 11.8 Å². The third-order valence-electron chi connectivity index (χ3n) is 3.84. The average Bonchev–Trinajstić information content (AvgIpc) is 2.23. The van der Waals surface area contributed by atoms with Gasteiger partial charge in [0.25, 0.3) is 0 Å². The van der Waals surface area contributed by atoms with Gasteiger partial charge in [0, 0.05) is 17.8 Å². The van der Waals surface area contributed by atoms with E-state index < -0.39 is 0 Å². The maximum Gasteiger partial charge on any atom is 0.0406 e. The van der Waals surface area contributed by atoms with E-state index in [1.165, 1.54) is 17.7 Å². The minimum absolute atomic E-state index is 0.276. The first-order chi connectivity index (χ1) is 7.92. The van der Waals surface area contributed by atoms with Gasteiger partial charge in [0.2, 0.25) is 0 Å². The molecule has 0 fully saturated rings. The molecule has 0 radical (unpaired) electrons. The summed E-state index contributed by atoms with van der Waals surface area (Å²) in [6, 6.07) is 8.92. The van der Waals surface area contributed by atoms with Gasteiger partial charge in [-0.1, -0.05) is 39.0 Å². The highest BCUT2D eigenvalue weighted by Crippen LogP contribution is 2.43. The molecule has 0 saturated carbocycles. The summed E-state index contributed by atoms with van der Waals surface area (Å²) in [6.07, 6.45) is 1.25. The SMILES string of the molecule is CC(C)CN1c2ccccc2C(C)CC1(C)C. The van der Waals surface area contributed by atoms with Crippen molar-refractivity contribution >= 4 is 5.69 Å². The molecule has 0 bridgehead atoms. The molecule has 1 heterocycles. The summed E-state index contributed by atoms with van der Waals surface area (Å²) in [5.74, 6) is 1.38. The molecule has 0 aromatic heterocycles. The van der Waals surface area contributed by atoms with Crippen LogP contribution in [0.3, 0.4) is 0 Å². The molecule has 1 aliphatic rings. The Kier molecular flexibility index (Phi) is 3.20. The highest BCUT2D eigenvalue weighted by Gasteiger charge is 2.35. The smallest absolute Gasteiger partial charge is 0.0406 e. The Balaban J connectivity index is 2.44. The average molecular weight is 231 g/mol. The number of para-hydroxylation sites is 1. The summed E-state index contributed by atoms with van der Waals surface area (Å²) >= 11 is 0. The summed E-state index contributed by atoms with van der Waals surface area (Å²) in [5, 5.41) is 0. The van der Waals surface area contributed by atoms with E-state index in [1.54, 1.807) is 0 Å². The standard InChI is InChI=1S/C16H25N/c1-12(2)11-17-15-9-7-6-8-14(15)13(3)10-16(17,4)5/h6-9,12-13H,10-11H2,1-5H3. The van der Waals surface area contributed by atoms with Gasteiger partial charge in [-0.25, -0.2) is 0 Å². The molecule has 0 amide bonds. The predicted octanol–water partition coefficient (Wildman–Crippen LogP) is 4.43. The van der Waals surface area contributed by atoms with Crippen molar-refractivity contribution < 1.29 is 0 Å². The lowest BCUT2D eigenvalue weighted by atomic mass is 9.79. The Morgan fingerprint density at radius 2 is 1.94 bits per heavy atom. The first kappa shape index (κ1) is 12.5. The fourth-order valence-electron chi connectivity index (χ4n) is 3.16. The molecule has 1 aromatic rings. The molecule has 94 valence electrons. The molecule has 1 atom stereocenters. The molecule has 2 rings (SSSR count). The largest absolute Gasteiger partial charge is 0.366 e. The molecular weight excluding hydrogens is 206 g/mol. The predicted molar refractivity (Wildman–Crippen MR) is 75.7 cm³/mol. The Bertz CT molecular complexity index is 392. The lowest BCUT2D eigenvalue weighted by Crippen LogP contribution is -2.49. The van der Waals surface area contributed by atoms with Gasteiger partial charge in [-0.2, -0.15) is 0 Å². The van der Waals surface area contributed by atoms with Crippen LogP contribution in [-0.2, 0) is 0 Å². The van der Waals surface area contributed by atoms with Crippen LogP contribution >= 0.6 is 0 Å². The van der Waals surface area contributed by atoms with E-state index in [4.69, 9.17) is 0 Å². The van der Waals surface area contributed by atoms with Crippen LogP contribution in [0.15, 0.2) is 24.3 Å². The van der Waals surface area contributed by atoms with E-state index in [9.17, 15) is 0 Å². The lowest BCUT2D eigenvalue weighted by Gasteiger charge is -2.48. The Morgan fingerprint density at radius 3 is 2.59 bits per heavy atom. The van der Waals surface area contributed by atoms with Crippen LogP contribution in [0.2, 0.25) is 0 Å². The molecule has 0 N–H and O–H groups in total. The van der Waals surface area contributed by atoms with E-state index in [1.807, 2.05) is 0 Å². The first-order valence-electron chi connectivity index (χ1n) is 6.78. The number of nitrogens with zero attached hydrogens (tertiary/aromatic N) is 1. The maximum absolute atomic E-state index is 2.60. The topological polar surface area (TPSA) is 3.24 Å². The monoisotopic (exact) mass is 231 g/mol. The van der Waals surface area contributed by atoms with Crippen molar-refractivity contribution in [3.05, 3.63) is 29.8 Å². The number of hydrogen-bond donors (Lipinski definition) is 0. The zero-order chi connectivity index (χ0) is 12.6. The number of hydrogen-bond acceptors (Lipinski definition) is 1. The van der Waals surface area contributed by atoms with Crippen LogP contribution in [0.4, 0.5) is 5.69 Å². The minimum Gasteiger partial charge on any atom is -0.366 e. The molecule has 17 heavy (non-hydrogen) atoms. The summed E-state index contributed by atoms with van der Waals surface area (Å²) in [6.45, 7) is 12.9. The zero-order valence-corrected chi connectivity index (χ0v) is 11.8. The number of benzene rings is 1. The second kappa shape index (κ2) is 4.36. The summed E-state index contributed by atoms with van der Waals surface area (Å²) < 4.78 is 0. The van der Waals surface area contributed by atoms with Crippen molar-refractivity contribution in [2.24, 2.45) is 5.92 Å². The third-order valence-corrected chi connectivity index (χ3v) is 3.84. The molecule has 1 unspecified atom stereocenters. The van der Waals surface area contributed by atoms with Gasteiger partial charge in [0.15, 0.2) is 0 Å². The fraction of sp³-hybridized carbons (Fsp3) is 0.625. The van der Waals surface area contributed by atoms with Crippen LogP contribution < -0.4 is 4.90 Å².